The van der Waals surface area contributed by atoms with Crippen LogP contribution >= 0.6 is 0 Å². The number of carbonyl (C=O) groups excluding carboxylic acids is 2. The molecule has 2 unspecified atom stereocenters. The van der Waals surface area contributed by atoms with Crippen LogP contribution in [-0.4, -0.2) is 68.7 Å². The van der Waals surface area contributed by atoms with E-state index in [1.165, 1.54) is 23.5 Å². The third-order valence-electron chi connectivity index (χ3n) is 7.05. The maximum Gasteiger partial charge on any atom is 0.407 e. The first-order chi connectivity index (χ1) is 20.5. The van der Waals surface area contributed by atoms with Crippen molar-refractivity contribution in [1.82, 2.24) is 14.9 Å². The number of anilines is 1. The molecule has 10 nitrogen and oxygen atoms in total. The molecule has 5 N–H and O–H groups in total. The van der Waals surface area contributed by atoms with Crippen molar-refractivity contribution in [2.45, 2.75) is 56.5 Å². The fourth-order valence-corrected chi connectivity index (χ4v) is 6.61. The van der Waals surface area contributed by atoms with Gasteiger partial charge in [-0.1, -0.05) is 62.7 Å². The number of amides is 2. The zero-order valence-electron chi connectivity index (χ0n) is 24.8. The second-order valence-electron chi connectivity index (χ2n) is 10.8. The van der Waals surface area contributed by atoms with E-state index in [1.807, 2.05) is 56.3 Å². The minimum absolute atomic E-state index is 0.0522. The van der Waals surface area contributed by atoms with Crippen LogP contribution in [0.5, 0.6) is 0 Å². The number of benzene rings is 3. The minimum atomic E-state index is -4.12. The molecule has 3 aromatic carbocycles. The van der Waals surface area contributed by atoms with E-state index in [-0.39, 0.29) is 41.9 Å². The van der Waals surface area contributed by atoms with Gasteiger partial charge in [-0.05, 0) is 53.3 Å². The first kappa shape index (κ1) is 33.8. The lowest BCUT2D eigenvalue weighted by Crippen LogP contribution is -2.48. The number of hydrogen-bond donors (Lipinski definition) is 4. The summed E-state index contributed by atoms with van der Waals surface area (Å²) in [5.74, 6) is -1.27. The number of aliphatic hydroxyl groups is 1. The summed E-state index contributed by atoms with van der Waals surface area (Å²) in [5, 5.41) is 17.6. The first-order valence-electron chi connectivity index (χ1n) is 14.2. The molecule has 234 valence electrons. The number of rotatable bonds is 15. The SMILES string of the molecule is COC(=O)NC(Cc1ccc2ccccc2c1)C(=O)NCCCCC(CO)N(CC(C)C)S(=O)(=O)c1ccc(N)c(F)c1. The topological polar surface area (TPSA) is 151 Å². The molecule has 0 aliphatic carbocycles. The molecule has 0 heterocycles. The number of methoxy groups -OCH3 is 1. The number of ether oxygens (including phenoxy) is 1. The Hall–Kier alpha value is -3.74. The van der Waals surface area contributed by atoms with Crippen molar-refractivity contribution in [2.75, 3.05) is 32.5 Å². The fraction of sp³-hybridized carbons (Fsp3) is 0.419. The number of nitrogens with zero attached hydrogens (tertiary/aromatic N) is 1. The summed E-state index contributed by atoms with van der Waals surface area (Å²) in [6.07, 6.45) is 0.836. The van der Waals surface area contributed by atoms with Crippen LogP contribution < -0.4 is 16.4 Å². The highest BCUT2D eigenvalue weighted by atomic mass is 32.2. The van der Waals surface area contributed by atoms with Crippen LogP contribution in [0.4, 0.5) is 14.9 Å². The molecule has 3 aromatic rings. The van der Waals surface area contributed by atoms with E-state index in [0.29, 0.717) is 19.3 Å². The molecule has 0 radical (unpaired) electrons. The lowest BCUT2D eigenvalue weighted by Gasteiger charge is -2.31. The molecule has 0 fully saturated rings. The largest absolute Gasteiger partial charge is 0.453 e. The molecule has 43 heavy (non-hydrogen) atoms. The van der Waals surface area contributed by atoms with Crippen LogP contribution in [0.15, 0.2) is 65.6 Å². The summed E-state index contributed by atoms with van der Waals surface area (Å²) in [5.41, 5.74) is 6.23. The Morgan fingerprint density at radius 3 is 2.42 bits per heavy atom. The van der Waals surface area contributed by atoms with Crippen molar-refractivity contribution in [3.63, 3.8) is 0 Å². The second kappa shape index (κ2) is 15.6. The molecule has 3 rings (SSSR count). The molecule has 0 aliphatic heterocycles. The number of nitrogen functional groups attached to an aromatic ring is 1. The maximum atomic E-state index is 14.1. The van der Waals surface area contributed by atoms with E-state index in [0.717, 1.165) is 22.4 Å². The van der Waals surface area contributed by atoms with Gasteiger partial charge in [0.25, 0.3) is 0 Å². The number of nitrogens with two attached hydrogens (primary N) is 1. The Kier molecular flexibility index (Phi) is 12.3. The van der Waals surface area contributed by atoms with Gasteiger partial charge in [-0.2, -0.15) is 4.31 Å². The lowest BCUT2D eigenvalue weighted by atomic mass is 10.0. The van der Waals surface area contributed by atoms with Gasteiger partial charge in [0.15, 0.2) is 0 Å². The smallest absolute Gasteiger partial charge is 0.407 e. The number of hydrogen-bond acceptors (Lipinski definition) is 7. The zero-order chi connectivity index (χ0) is 31.6. The monoisotopic (exact) mass is 616 g/mol. The standard InChI is InChI=1S/C31H41FN4O6S/c1-21(2)19-36(43(40,41)26-13-14-28(33)27(32)18-26)25(20-37)10-6-7-15-34-30(38)29(35-31(39)42-3)17-22-11-12-23-8-4-5-9-24(23)16-22/h4-5,8-9,11-14,16,18,21,25,29,37H,6-7,10,15,17,19-20,33H2,1-3H3,(H,34,38)(H,35,39). The average molecular weight is 617 g/mol. The van der Waals surface area contributed by atoms with Crippen molar-refractivity contribution in [3.05, 3.63) is 72.0 Å². The quantitative estimate of drug-likeness (QED) is 0.150. The second-order valence-corrected chi connectivity index (χ2v) is 12.7. The van der Waals surface area contributed by atoms with Gasteiger partial charge >= 0.3 is 6.09 Å². The molecule has 0 bridgehead atoms. The van der Waals surface area contributed by atoms with Crippen molar-refractivity contribution < 1.29 is 32.2 Å². The lowest BCUT2D eigenvalue weighted by molar-refractivity contribution is -0.123. The van der Waals surface area contributed by atoms with Gasteiger partial charge in [0, 0.05) is 25.6 Å². The Balaban J connectivity index is 1.61. The molecule has 0 saturated heterocycles. The number of alkyl carbamates (subject to hydrolysis) is 1. The fourth-order valence-electron chi connectivity index (χ4n) is 4.79. The molecule has 0 aliphatic rings. The van der Waals surface area contributed by atoms with Gasteiger partial charge in [0.2, 0.25) is 15.9 Å². The molecular formula is C31H41FN4O6S. The van der Waals surface area contributed by atoms with Crippen LogP contribution in [-0.2, 0) is 26.0 Å². The average Bonchev–Trinajstić information content (AvgIpc) is 2.98. The van der Waals surface area contributed by atoms with Gasteiger partial charge in [-0.25, -0.2) is 17.6 Å². The number of halogens is 1. The molecule has 0 saturated carbocycles. The summed E-state index contributed by atoms with van der Waals surface area (Å²) in [4.78, 5) is 24.8. The summed E-state index contributed by atoms with van der Waals surface area (Å²) >= 11 is 0. The maximum absolute atomic E-state index is 14.1. The summed E-state index contributed by atoms with van der Waals surface area (Å²) in [7, 11) is -2.89. The van der Waals surface area contributed by atoms with Gasteiger partial charge in [0.05, 0.1) is 24.3 Å². The van der Waals surface area contributed by atoms with Gasteiger partial charge in [0.1, 0.15) is 11.9 Å². The number of nitrogens with one attached hydrogen (secondary N) is 2. The Morgan fingerprint density at radius 2 is 1.77 bits per heavy atom. The Morgan fingerprint density at radius 1 is 1.05 bits per heavy atom. The Bertz CT molecular complexity index is 1500. The van der Waals surface area contributed by atoms with Crippen LogP contribution in [0.3, 0.4) is 0 Å². The van der Waals surface area contributed by atoms with E-state index in [2.05, 4.69) is 10.6 Å². The third kappa shape index (κ3) is 9.37. The molecule has 12 heteroatoms. The summed E-state index contributed by atoms with van der Waals surface area (Å²) < 4.78 is 46.8. The minimum Gasteiger partial charge on any atom is -0.453 e. The highest BCUT2D eigenvalue weighted by molar-refractivity contribution is 7.89. The van der Waals surface area contributed by atoms with Gasteiger partial charge in [-0.3, -0.25) is 4.79 Å². The van der Waals surface area contributed by atoms with Crippen molar-refractivity contribution in [3.8, 4) is 0 Å². The third-order valence-corrected chi connectivity index (χ3v) is 8.97. The van der Waals surface area contributed by atoms with Crippen molar-refractivity contribution in [1.29, 1.82) is 0 Å². The molecule has 2 atom stereocenters. The van der Waals surface area contributed by atoms with E-state index in [4.69, 9.17) is 10.5 Å². The predicted molar refractivity (Wildman–Crippen MR) is 164 cm³/mol. The Labute approximate surface area is 252 Å². The van der Waals surface area contributed by atoms with Crippen LogP contribution in [0.25, 0.3) is 10.8 Å². The zero-order valence-corrected chi connectivity index (χ0v) is 25.6. The number of aliphatic hydroxyl groups excluding tert-OH is 1. The highest BCUT2D eigenvalue weighted by Crippen LogP contribution is 2.25. The normalized spacial score (nSPS) is 13.2. The van der Waals surface area contributed by atoms with E-state index in [9.17, 15) is 27.5 Å². The molecule has 0 aromatic heterocycles. The number of fused-ring (bicyclic) bond motifs is 1. The first-order valence-corrected chi connectivity index (χ1v) is 15.7. The molecule has 0 spiro atoms. The van der Waals surface area contributed by atoms with Crippen LogP contribution in [0.2, 0.25) is 0 Å². The van der Waals surface area contributed by atoms with Crippen LogP contribution in [0.1, 0.15) is 38.7 Å². The number of unbranched alkanes of at least 4 members (excludes halogenated alkanes) is 1. The van der Waals surface area contributed by atoms with Crippen LogP contribution in [0, 0.1) is 11.7 Å². The van der Waals surface area contributed by atoms with Crippen molar-refractivity contribution in [2.24, 2.45) is 5.92 Å². The van der Waals surface area contributed by atoms with Crippen molar-refractivity contribution >= 4 is 38.5 Å². The predicted octanol–water partition coefficient (Wildman–Crippen LogP) is 3.82. The molecular weight excluding hydrogens is 575 g/mol. The summed E-state index contributed by atoms with van der Waals surface area (Å²) in [6, 6.07) is 15.4. The van der Waals surface area contributed by atoms with E-state index in [1.54, 1.807) is 0 Å². The summed E-state index contributed by atoms with van der Waals surface area (Å²) in [6.45, 7) is 3.69. The molecule has 2 amide bonds. The highest BCUT2D eigenvalue weighted by Gasteiger charge is 2.32. The number of carbonyl (C=O) groups is 2. The van der Waals surface area contributed by atoms with Gasteiger partial charge < -0.3 is 26.2 Å². The van der Waals surface area contributed by atoms with E-state index < -0.39 is 40.6 Å². The van der Waals surface area contributed by atoms with Gasteiger partial charge in [-0.15, -0.1) is 0 Å². The number of sulfonamides is 1. The van der Waals surface area contributed by atoms with E-state index >= 15 is 0 Å².